The average Bonchev–Trinajstić information content (AvgIpc) is 3.06. The second kappa shape index (κ2) is 8.55. The molecule has 0 aliphatic rings. The predicted molar refractivity (Wildman–Crippen MR) is 105 cm³/mol. The molecule has 140 valence electrons. The Morgan fingerprint density at radius 1 is 1.37 bits per heavy atom. The summed E-state index contributed by atoms with van der Waals surface area (Å²) in [6.07, 6.45) is 3.12. The molecule has 7 nitrogen and oxygen atoms in total. The van der Waals surface area contributed by atoms with Gasteiger partial charge in [0.1, 0.15) is 6.54 Å². The summed E-state index contributed by atoms with van der Waals surface area (Å²) >= 11 is 6.22. The van der Waals surface area contributed by atoms with Crippen LogP contribution in [-0.4, -0.2) is 35.4 Å². The van der Waals surface area contributed by atoms with E-state index in [1.54, 1.807) is 23.0 Å². The minimum atomic E-state index is -0.265. The van der Waals surface area contributed by atoms with Gasteiger partial charge in [0.05, 0.1) is 42.3 Å². The molecule has 8 heteroatoms. The summed E-state index contributed by atoms with van der Waals surface area (Å²) in [7, 11) is 1.53. The minimum absolute atomic E-state index is 0.116. The molecule has 1 amide bonds. The Labute approximate surface area is 161 Å². The van der Waals surface area contributed by atoms with Gasteiger partial charge in [-0.1, -0.05) is 23.7 Å². The number of imidazole rings is 1. The number of hydrogen-bond acceptors (Lipinski definition) is 5. The molecule has 0 radical (unpaired) electrons. The van der Waals surface area contributed by atoms with Crippen molar-refractivity contribution in [2.45, 2.75) is 13.5 Å². The van der Waals surface area contributed by atoms with Crippen LogP contribution in [0.15, 0.2) is 47.8 Å². The van der Waals surface area contributed by atoms with Crippen LogP contribution >= 0.6 is 11.6 Å². The highest BCUT2D eigenvalue weighted by Crippen LogP contribution is 2.35. The molecule has 1 heterocycles. The molecule has 0 saturated carbocycles. The van der Waals surface area contributed by atoms with Gasteiger partial charge in [-0.25, -0.2) is 10.4 Å². The fourth-order valence-electron chi connectivity index (χ4n) is 2.60. The van der Waals surface area contributed by atoms with Gasteiger partial charge in [-0.15, -0.1) is 0 Å². The van der Waals surface area contributed by atoms with Crippen LogP contribution < -0.4 is 14.9 Å². The van der Waals surface area contributed by atoms with Crippen molar-refractivity contribution in [3.63, 3.8) is 0 Å². The van der Waals surface area contributed by atoms with E-state index in [0.717, 1.165) is 11.0 Å². The summed E-state index contributed by atoms with van der Waals surface area (Å²) in [6, 6.07) is 11.0. The lowest BCUT2D eigenvalue weighted by molar-refractivity contribution is -0.121. The molecule has 0 aliphatic heterocycles. The minimum Gasteiger partial charge on any atom is -0.493 e. The van der Waals surface area contributed by atoms with E-state index in [2.05, 4.69) is 15.5 Å². The summed E-state index contributed by atoms with van der Waals surface area (Å²) in [5.74, 6) is 0.718. The van der Waals surface area contributed by atoms with E-state index in [0.29, 0.717) is 28.7 Å². The van der Waals surface area contributed by atoms with E-state index in [-0.39, 0.29) is 12.5 Å². The number of hydrogen-bond donors (Lipinski definition) is 1. The number of carbonyl (C=O) groups excluding carboxylic acids is 1. The number of aromatic nitrogens is 2. The number of fused-ring (bicyclic) bond motifs is 1. The molecule has 1 N–H and O–H groups in total. The molecule has 3 rings (SSSR count). The van der Waals surface area contributed by atoms with Crippen LogP contribution in [0, 0.1) is 0 Å². The second-order valence-corrected chi connectivity index (χ2v) is 6.03. The first-order valence-electron chi connectivity index (χ1n) is 8.34. The Hall–Kier alpha value is -3.06. The quantitative estimate of drug-likeness (QED) is 0.499. The highest BCUT2D eigenvalue weighted by atomic mass is 35.5. The summed E-state index contributed by atoms with van der Waals surface area (Å²) < 4.78 is 12.5. The van der Waals surface area contributed by atoms with Crippen LogP contribution in [0.2, 0.25) is 5.02 Å². The Bertz CT molecular complexity index is 984. The third kappa shape index (κ3) is 4.38. The van der Waals surface area contributed by atoms with Gasteiger partial charge < -0.3 is 14.0 Å². The van der Waals surface area contributed by atoms with Crippen molar-refractivity contribution in [1.82, 2.24) is 15.0 Å². The number of methoxy groups -OCH3 is 1. The third-order valence-corrected chi connectivity index (χ3v) is 4.07. The zero-order valence-corrected chi connectivity index (χ0v) is 15.7. The summed E-state index contributed by atoms with van der Waals surface area (Å²) in [6.45, 7) is 2.46. The van der Waals surface area contributed by atoms with Crippen LogP contribution in [0.3, 0.4) is 0 Å². The molecule has 0 unspecified atom stereocenters. The zero-order valence-electron chi connectivity index (χ0n) is 15.0. The smallest absolute Gasteiger partial charge is 0.260 e. The number of para-hydroxylation sites is 2. The Morgan fingerprint density at radius 3 is 2.96 bits per heavy atom. The van der Waals surface area contributed by atoms with Crippen molar-refractivity contribution in [2.24, 2.45) is 5.10 Å². The van der Waals surface area contributed by atoms with Crippen LogP contribution in [0.1, 0.15) is 12.5 Å². The SMILES string of the molecule is CCOc1c(Cl)cc(/C=N\NC(=O)Cn2cnc3ccccc32)cc1OC. The highest BCUT2D eigenvalue weighted by Gasteiger charge is 2.11. The van der Waals surface area contributed by atoms with Crippen LogP contribution in [0.4, 0.5) is 0 Å². The molecule has 0 bridgehead atoms. The topological polar surface area (TPSA) is 77.7 Å². The Balaban J connectivity index is 1.66. The molecule has 2 aromatic carbocycles. The number of halogens is 1. The van der Waals surface area contributed by atoms with Crippen molar-refractivity contribution < 1.29 is 14.3 Å². The van der Waals surface area contributed by atoms with Crippen molar-refractivity contribution in [1.29, 1.82) is 0 Å². The lowest BCUT2D eigenvalue weighted by Gasteiger charge is -2.11. The van der Waals surface area contributed by atoms with Gasteiger partial charge >= 0.3 is 0 Å². The van der Waals surface area contributed by atoms with Gasteiger partial charge in [0.2, 0.25) is 0 Å². The fraction of sp³-hybridized carbons (Fsp3) is 0.211. The summed E-state index contributed by atoms with van der Waals surface area (Å²) in [4.78, 5) is 16.4. The molecule has 0 aliphatic carbocycles. The monoisotopic (exact) mass is 386 g/mol. The van der Waals surface area contributed by atoms with Gasteiger partial charge in [-0.2, -0.15) is 5.10 Å². The van der Waals surface area contributed by atoms with Crippen LogP contribution in [0.25, 0.3) is 11.0 Å². The molecular formula is C19H19ClN4O3. The molecule has 0 atom stereocenters. The molecule has 0 spiro atoms. The largest absolute Gasteiger partial charge is 0.493 e. The average molecular weight is 387 g/mol. The maximum absolute atomic E-state index is 12.1. The van der Waals surface area contributed by atoms with Gasteiger partial charge in [0.15, 0.2) is 11.5 Å². The molecule has 0 saturated heterocycles. The lowest BCUT2D eigenvalue weighted by atomic mass is 10.2. The predicted octanol–water partition coefficient (Wildman–Crippen LogP) is 3.25. The van der Waals surface area contributed by atoms with E-state index >= 15 is 0 Å². The molecular weight excluding hydrogens is 368 g/mol. The van der Waals surface area contributed by atoms with Gasteiger partial charge in [-0.3, -0.25) is 4.79 Å². The van der Waals surface area contributed by atoms with Crippen LogP contribution in [0.5, 0.6) is 11.5 Å². The number of nitrogens with one attached hydrogen (secondary N) is 1. The normalized spacial score (nSPS) is 11.1. The number of amides is 1. The number of nitrogens with zero attached hydrogens (tertiary/aromatic N) is 3. The first-order chi connectivity index (χ1) is 13.1. The number of ether oxygens (including phenoxy) is 2. The van der Waals surface area contributed by atoms with E-state index in [1.807, 2.05) is 31.2 Å². The van der Waals surface area contributed by atoms with E-state index in [4.69, 9.17) is 21.1 Å². The number of carbonyl (C=O) groups is 1. The Kier molecular flexibility index (Phi) is 5.93. The number of rotatable bonds is 7. The molecule has 3 aromatic rings. The summed E-state index contributed by atoms with van der Waals surface area (Å²) in [5, 5.41) is 4.39. The standard InChI is InChI=1S/C19H19ClN4O3/c1-3-27-19-14(20)8-13(9-17(19)26-2)10-22-23-18(25)11-24-12-21-15-6-4-5-7-16(15)24/h4-10,12H,3,11H2,1-2H3,(H,23,25)/b22-10-. The molecule has 0 fully saturated rings. The van der Waals surface area contributed by atoms with E-state index in [1.165, 1.54) is 13.3 Å². The summed E-state index contributed by atoms with van der Waals surface area (Å²) in [5.41, 5.74) is 4.90. The fourth-order valence-corrected chi connectivity index (χ4v) is 2.88. The molecule has 1 aromatic heterocycles. The first kappa shape index (κ1) is 18.7. The van der Waals surface area contributed by atoms with Gasteiger partial charge in [-0.05, 0) is 36.8 Å². The maximum Gasteiger partial charge on any atom is 0.260 e. The second-order valence-electron chi connectivity index (χ2n) is 5.62. The number of benzene rings is 2. The van der Waals surface area contributed by atoms with Gasteiger partial charge in [0, 0.05) is 0 Å². The van der Waals surface area contributed by atoms with Gasteiger partial charge in [0.25, 0.3) is 5.91 Å². The lowest BCUT2D eigenvalue weighted by Crippen LogP contribution is -2.22. The van der Waals surface area contributed by atoms with Crippen molar-refractivity contribution in [3.05, 3.63) is 53.3 Å². The first-order valence-corrected chi connectivity index (χ1v) is 8.72. The van der Waals surface area contributed by atoms with Crippen molar-refractivity contribution in [2.75, 3.05) is 13.7 Å². The zero-order chi connectivity index (χ0) is 19.2. The van der Waals surface area contributed by atoms with E-state index < -0.39 is 0 Å². The maximum atomic E-state index is 12.1. The molecule has 27 heavy (non-hydrogen) atoms. The van der Waals surface area contributed by atoms with E-state index in [9.17, 15) is 4.79 Å². The third-order valence-electron chi connectivity index (χ3n) is 3.78. The Morgan fingerprint density at radius 2 is 2.19 bits per heavy atom. The number of hydrazone groups is 1. The van der Waals surface area contributed by atoms with Crippen molar-refractivity contribution >= 4 is 34.8 Å². The van der Waals surface area contributed by atoms with Crippen LogP contribution in [-0.2, 0) is 11.3 Å². The highest BCUT2D eigenvalue weighted by molar-refractivity contribution is 6.32. The van der Waals surface area contributed by atoms with Crippen molar-refractivity contribution in [3.8, 4) is 11.5 Å².